The molecule has 0 spiro atoms. The molecule has 2 heterocycles. The first-order valence-corrected chi connectivity index (χ1v) is 4.52. The first-order valence-electron chi connectivity index (χ1n) is 4.52. The van der Waals surface area contributed by atoms with Gasteiger partial charge in [-0.25, -0.2) is 18.4 Å². The third-order valence-electron chi connectivity index (χ3n) is 2.06. The lowest BCUT2D eigenvalue weighted by Gasteiger charge is -2.04. The van der Waals surface area contributed by atoms with Crippen LogP contribution in [0, 0.1) is 10.1 Å². The van der Waals surface area contributed by atoms with Gasteiger partial charge in [-0.1, -0.05) is 0 Å². The Bertz CT molecular complexity index is 538. The summed E-state index contributed by atoms with van der Waals surface area (Å²) in [6, 6.07) is 3.60. The molecule has 2 aromatic rings. The van der Waals surface area contributed by atoms with Crippen molar-refractivity contribution in [3.05, 3.63) is 46.4 Å². The van der Waals surface area contributed by atoms with Gasteiger partial charge in [-0.3, -0.25) is 10.1 Å². The minimum Gasteiger partial charge on any atom is -0.258 e. The van der Waals surface area contributed by atoms with E-state index >= 15 is 0 Å². The van der Waals surface area contributed by atoms with Gasteiger partial charge in [0.15, 0.2) is 5.82 Å². The van der Waals surface area contributed by atoms with Crippen molar-refractivity contribution >= 4 is 5.69 Å². The maximum absolute atomic E-state index is 12.6. The number of nitrogens with zero attached hydrogens (tertiary/aromatic N) is 4. The van der Waals surface area contributed by atoms with Gasteiger partial charge in [0.1, 0.15) is 11.9 Å². The molecular formula is C9H6F2N4O2. The second-order valence-electron chi connectivity index (χ2n) is 3.10. The van der Waals surface area contributed by atoms with Gasteiger partial charge in [-0.2, -0.15) is 5.10 Å². The van der Waals surface area contributed by atoms with Crippen molar-refractivity contribution in [3.8, 4) is 5.82 Å². The SMILES string of the molecule is O=[N+]([O-])c1ccc(-n2nccc2C(F)F)nc1. The van der Waals surface area contributed by atoms with Crippen molar-refractivity contribution < 1.29 is 13.7 Å². The largest absolute Gasteiger partial charge is 0.287 e. The molecule has 0 amide bonds. The molecule has 0 saturated carbocycles. The molecule has 0 N–H and O–H groups in total. The molecular weight excluding hydrogens is 234 g/mol. The fourth-order valence-electron chi connectivity index (χ4n) is 1.28. The van der Waals surface area contributed by atoms with Crippen LogP contribution in [-0.4, -0.2) is 19.7 Å². The maximum atomic E-state index is 12.6. The van der Waals surface area contributed by atoms with Crippen LogP contribution in [0.3, 0.4) is 0 Å². The van der Waals surface area contributed by atoms with Crippen LogP contribution in [0.15, 0.2) is 30.6 Å². The molecule has 8 heteroatoms. The molecule has 0 unspecified atom stereocenters. The number of aromatic nitrogens is 3. The highest BCUT2D eigenvalue weighted by molar-refractivity contribution is 5.33. The molecule has 6 nitrogen and oxygen atoms in total. The molecule has 17 heavy (non-hydrogen) atoms. The van der Waals surface area contributed by atoms with Crippen molar-refractivity contribution in [2.24, 2.45) is 0 Å². The highest BCUT2D eigenvalue weighted by atomic mass is 19.3. The number of halogens is 2. The van der Waals surface area contributed by atoms with E-state index in [1.54, 1.807) is 0 Å². The lowest BCUT2D eigenvalue weighted by atomic mass is 10.4. The molecule has 0 aromatic carbocycles. The second-order valence-corrected chi connectivity index (χ2v) is 3.10. The zero-order valence-electron chi connectivity index (χ0n) is 8.33. The minimum atomic E-state index is -2.69. The normalized spacial score (nSPS) is 10.8. The summed E-state index contributed by atoms with van der Waals surface area (Å²) in [5, 5.41) is 14.1. The molecule has 0 aliphatic carbocycles. The Morgan fingerprint density at radius 3 is 2.65 bits per heavy atom. The second kappa shape index (κ2) is 4.24. The van der Waals surface area contributed by atoms with Crippen LogP contribution in [0.1, 0.15) is 12.1 Å². The fraction of sp³-hybridized carbons (Fsp3) is 0.111. The summed E-state index contributed by atoms with van der Waals surface area (Å²) in [6.45, 7) is 0. The maximum Gasteiger partial charge on any atom is 0.287 e. The van der Waals surface area contributed by atoms with E-state index in [-0.39, 0.29) is 17.2 Å². The van der Waals surface area contributed by atoms with Gasteiger partial charge in [0.2, 0.25) is 0 Å². The molecule has 88 valence electrons. The van der Waals surface area contributed by atoms with Crippen LogP contribution >= 0.6 is 0 Å². The third kappa shape index (κ3) is 2.10. The van der Waals surface area contributed by atoms with Crippen molar-refractivity contribution in [1.82, 2.24) is 14.8 Å². The Hall–Kier alpha value is -2.38. The van der Waals surface area contributed by atoms with E-state index in [9.17, 15) is 18.9 Å². The Balaban J connectivity index is 2.40. The third-order valence-corrected chi connectivity index (χ3v) is 2.06. The minimum absolute atomic E-state index is 0.107. The number of rotatable bonds is 3. The highest BCUT2D eigenvalue weighted by Gasteiger charge is 2.16. The topological polar surface area (TPSA) is 73.8 Å². The molecule has 0 atom stereocenters. The average Bonchev–Trinajstić information content (AvgIpc) is 2.78. The fourth-order valence-corrected chi connectivity index (χ4v) is 1.28. The predicted octanol–water partition coefficient (Wildman–Crippen LogP) is 2.11. The zero-order valence-corrected chi connectivity index (χ0v) is 8.33. The van der Waals surface area contributed by atoms with E-state index in [0.717, 1.165) is 16.9 Å². The zero-order chi connectivity index (χ0) is 12.4. The predicted molar refractivity (Wildman–Crippen MR) is 53.0 cm³/mol. The van der Waals surface area contributed by atoms with Crippen LogP contribution in [0.2, 0.25) is 0 Å². The Labute approximate surface area is 93.7 Å². The molecule has 0 fully saturated rings. The van der Waals surface area contributed by atoms with Crippen LogP contribution in [-0.2, 0) is 0 Å². The first kappa shape index (κ1) is 11.1. The van der Waals surface area contributed by atoms with Crippen molar-refractivity contribution in [2.75, 3.05) is 0 Å². The van der Waals surface area contributed by atoms with Crippen molar-refractivity contribution in [1.29, 1.82) is 0 Å². The van der Waals surface area contributed by atoms with Gasteiger partial charge < -0.3 is 0 Å². The summed E-state index contributed by atoms with van der Waals surface area (Å²) in [7, 11) is 0. The summed E-state index contributed by atoms with van der Waals surface area (Å²) in [5.74, 6) is 0.107. The number of hydrogen-bond acceptors (Lipinski definition) is 4. The first-order chi connectivity index (χ1) is 8.09. The van der Waals surface area contributed by atoms with Gasteiger partial charge in [-0.15, -0.1) is 0 Å². The summed E-state index contributed by atoms with van der Waals surface area (Å²) in [4.78, 5) is 13.5. The standard InChI is InChI=1S/C9H6F2N4O2/c10-9(11)7-3-4-13-14(7)8-2-1-6(5-12-8)15(16)17/h1-5,9H. The summed E-state index contributed by atoms with van der Waals surface area (Å²) < 4.78 is 26.1. The number of hydrogen-bond donors (Lipinski definition) is 0. The monoisotopic (exact) mass is 240 g/mol. The van der Waals surface area contributed by atoms with Gasteiger partial charge in [0, 0.05) is 12.3 Å². The van der Waals surface area contributed by atoms with Crippen molar-refractivity contribution in [2.45, 2.75) is 6.43 Å². The lowest BCUT2D eigenvalue weighted by Crippen LogP contribution is -2.04. The smallest absolute Gasteiger partial charge is 0.258 e. The van der Waals surface area contributed by atoms with E-state index < -0.39 is 11.3 Å². The number of pyridine rings is 1. The van der Waals surface area contributed by atoms with Crippen LogP contribution in [0.25, 0.3) is 5.82 Å². The van der Waals surface area contributed by atoms with Gasteiger partial charge >= 0.3 is 0 Å². The van der Waals surface area contributed by atoms with E-state index in [4.69, 9.17) is 0 Å². The van der Waals surface area contributed by atoms with Crippen molar-refractivity contribution in [3.63, 3.8) is 0 Å². The van der Waals surface area contributed by atoms with Gasteiger partial charge in [-0.05, 0) is 12.1 Å². The Kier molecular flexibility index (Phi) is 2.77. The van der Waals surface area contributed by atoms with Crippen LogP contribution < -0.4 is 0 Å². The van der Waals surface area contributed by atoms with E-state index in [1.807, 2.05) is 0 Å². The molecule has 0 bridgehead atoms. The van der Waals surface area contributed by atoms with E-state index in [0.29, 0.717) is 0 Å². The average molecular weight is 240 g/mol. The van der Waals surface area contributed by atoms with E-state index in [1.165, 1.54) is 18.3 Å². The van der Waals surface area contributed by atoms with Gasteiger partial charge in [0.25, 0.3) is 12.1 Å². The molecule has 2 rings (SSSR count). The molecule has 0 radical (unpaired) electrons. The molecule has 0 aliphatic rings. The number of alkyl halides is 2. The Morgan fingerprint density at radius 1 is 1.35 bits per heavy atom. The quantitative estimate of drug-likeness (QED) is 0.608. The molecule has 0 saturated heterocycles. The van der Waals surface area contributed by atoms with Crippen LogP contribution in [0.5, 0.6) is 0 Å². The Morgan fingerprint density at radius 2 is 2.12 bits per heavy atom. The number of nitro groups is 1. The van der Waals surface area contributed by atoms with Crippen LogP contribution in [0.4, 0.5) is 14.5 Å². The summed E-state index contributed by atoms with van der Waals surface area (Å²) in [6.07, 6.45) is -0.480. The van der Waals surface area contributed by atoms with Gasteiger partial charge in [0.05, 0.1) is 4.92 Å². The molecule has 0 aliphatic heterocycles. The molecule has 2 aromatic heterocycles. The summed E-state index contributed by atoms with van der Waals surface area (Å²) in [5.41, 5.74) is -0.522. The highest BCUT2D eigenvalue weighted by Crippen LogP contribution is 2.21. The lowest BCUT2D eigenvalue weighted by molar-refractivity contribution is -0.385. The summed E-state index contributed by atoms with van der Waals surface area (Å²) >= 11 is 0. The van der Waals surface area contributed by atoms with E-state index in [2.05, 4.69) is 10.1 Å².